The number of hydrogen-bond donors (Lipinski definition) is 4. The van der Waals surface area contributed by atoms with Crippen LogP contribution in [0.3, 0.4) is 0 Å². The first-order valence-corrected chi connectivity index (χ1v) is 0.816. The standard InChI is InChI=1S/2H4N2.O/c2*1-2;/h2*1-2H2;/q;;-2/p+2. The second kappa shape index (κ2) is 745. The normalized spacial score (nSPS) is 2.40. The summed E-state index contributed by atoms with van der Waals surface area (Å²) in [5.74, 6) is 14.0. The summed E-state index contributed by atoms with van der Waals surface area (Å²) in [6.45, 7) is 0. The predicted octanol–water partition coefficient (Wildman–Crippen LogP) is -3.91. The van der Waals surface area contributed by atoms with E-state index in [1.165, 1.54) is 0 Å². The molecule has 0 aromatic carbocycles. The Bertz CT molecular complexity index is 3.61. The first-order valence-electron chi connectivity index (χ1n) is 0.816. The molecule has 10 N–H and O–H groups in total. The summed E-state index contributed by atoms with van der Waals surface area (Å²) < 4.78 is 0. The second-order valence-corrected chi connectivity index (χ2v) is 0. The molecule has 0 saturated heterocycles. The molecule has 0 atom stereocenters. The Morgan fingerprint density at radius 3 is 0.800 bits per heavy atom. The van der Waals surface area contributed by atoms with Crippen LogP contribution in [0.25, 0.3) is 0 Å². The molecule has 0 spiro atoms. The summed E-state index contributed by atoms with van der Waals surface area (Å²) in [4.78, 5) is 0. The molecule has 5 heavy (non-hydrogen) atoms. The maximum Gasteiger partial charge on any atom is -0.185 e. The van der Waals surface area contributed by atoms with Crippen molar-refractivity contribution in [1.29, 1.82) is 0 Å². The van der Waals surface area contributed by atoms with Gasteiger partial charge in [-0.2, -0.15) is 11.7 Å². The summed E-state index contributed by atoms with van der Waals surface area (Å²) in [5, 5.41) is 0. The molecule has 5 heteroatoms. The van der Waals surface area contributed by atoms with Gasteiger partial charge in [-0.25, -0.2) is 0 Å². The maximum absolute atomic E-state index is 4.25. The number of rotatable bonds is 0. The van der Waals surface area contributed by atoms with Gasteiger partial charge in [-0.05, 0) is 0 Å². The lowest BCUT2D eigenvalue weighted by molar-refractivity contribution is -0.379. The van der Waals surface area contributed by atoms with E-state index in [2.05, 4.69) is 23.4 Å². The van der Waals surface area contributed by atoms with E-state index in [1.807, 2.05) is 0 Å². The van der Waals surface area contributed by atoms with Crippen LogP contribution >= 0.6 is 0 Å². The molecule has 0 rings (SSSR count). The van der Waals surface area contributed by atoms with Gasteiger partial charge in [0.2, 0.25) is 0 Å². The van der Waals surface area contributed by atoms with E-state index in [9.17, 15) is 0 Å². The Kier molecular flexibility index (Phi) is 3190. The lowest BCUT2D eigenvalue weighted by Crippen LogP contribution is -2.59. The van der Waals surface area contributed by atoms with Gasteiger partial charge >= 0.3 is 0 Å². The van der Waals surface area contributed by atoms with Crippen molar-refractivity contribution in [3.63, 3.8) is 0 Å². The fourth-order valence-electron chi connectivity index (χ4n) is 0. The third-order valence-electron chi connectivity index (χ3n) is 0. The number of nitrogens with two attached hydrogens (primary N) is 2. The Morgan fingerprint density at radius 1 is 0.800 bits per heavy atom. The zero-order valence-corrected chi connectivity index (χ0v) is 2.98. The topological polar surface area (TPSA) is 136 Å². The van der Waals surface area contributed by atoms with E-state index in [4.69, 9.17) is 0 Å². The van der Waals surface area contributed by atoms with Gasteiger partial charge in [0, 0.05) is 0 Å². The zero-order valence-electron chi connectivity index (χ0n) is 2.98. The summed E-state index contributed by atoms with van der Waals surface area (Å²) in [6.07, 6.45) is 0. The molecule has 0 aliphatic rings. The molecule has 0 amide bonds. The predicted molar refractivity (Wildman–Crippen MR) is 14.8 cm³/mol. The van der Waals surface area contributed by atoms with E-state index in [0.29, 0.717) is 0 Å². The average Bonchev–Trinajstić information content (AvgIpc) is 1.50. The molecule has 36 valence electrons. The zero-order chi connectivity index (χ0) is 4.00. The van der Waals surface area contributed by atoms with Gasteiger partial charge in [-0.1, -0.05) is 0 Å². The quantitative estimate of drug-likeness (QED) is 0.175. The monoisotopic (exact) mass is 82.1 g/mol. The number of quaternary nitrogens is 2. The molecular weight excluding hydrogens is 72.0 g/mol. The molecule has 0 fully saturated rings. The molecule has 0 bridgehead atoms. The molecule has 0 saturated carbocycles. The third kappa shape index (κ3) is 308. The van der Waals surface area contributed by atoms with Gasteiger partial charge in [0.05, 0.1) is 0 Å². The molecule has 0 radical (unpaired) electrons. The van der Waals surface area contributed by atoms with Crippen LogP contribution in [0.5, 0.6) is 0 Å². The largest absolute Gasteiger partial charge is 2.00 e. The average molecular weight is 82.1 g/mol. The molecule has 0 aromatic rings. The van der Waals surface area contributed by atoms with E-state index in [1.54, 1.807) is 0 Å². The van der Waals surface area contributed by atoms with Crippen molar-refractivity contribution in [3.8, 4) is 0 Å². The Hall–Kier alpha value is -0.200. The van der Waals surface area contributed by atoms with E-state index < -0.39 is 0 Å². The summed E-state index contributed by atoms with van der Waals surface area (Å²) in [7, 11) is 0. The van der Waals surface area contributed by atoms with Crippen molar-refractivity contribution in [3.05, 3.63) is 0 Å². The van der Waals surface area contributed by atoms with Gasteiger partial charge in [0.25, 0.3) is 0 Å². The molecular formula is H10N4O. The highest BCUT2D eigenvalue weighted by Crippen LogP contribution is -0.119. The molecule has 0 aromatic heterocycles. The van der Waals surface area contributed by atoms with Gasteiger partial charge in [0.15, 0.2) is 0 Å². The smallest absolute Gasteiger partial charge is 0.185 e. The van der Waals surface area contributed by atoms with Crippen LogP contribution < -0.4 is 23.4 Å². The molecule has 0 aliphatic heterocycles. The molecule has 0 unspecified atom stereocenters. The molecule has 5 nitrogen and oxygen atoms in total. The van der Waals surface area contributed by atoms with Crippen LogP contribution in [0.2, 0.25) is 0 Å². The number of hydrogen-bond acceptors (Lipinski definition) is 2. The highest BCUT2D eigenvalue weighted by atomic mass is 16.0. The summed E-state index contributed by atoms with van der Waals surface area (Å²) in [5.41, 5.74) is 0. The van der Waals surface area contributed by atoms with Crippen molar-refractivity contribution >= 4 is 0 Å². The molecule has 0 heterocycles. The minimum absolute atomic E-state index is 0. The third-order valence-corrected chi connectivity index (χ3v) is 0. The highest BCUT2D eigenvalue weighted by Gasteiger charge is 0.769. The maximum atomic E-state index is 4.25. The SMILES string of the molecule is N[NH3+].N[NH3+].[O-2]. The summed E-state index contributed by atoms with van der Waals surface area (Å²) >= 11 is 0. The highest BCUT2D eigenvalue weighted by molar-refractivity contribution is 2.64. The van der Waals surface area contributed by atoms with E-state index >= 15 is 0 Å². The van der Waals surface area contributed by atoms with Crippen molar-refractivity contribution in [1.82, 2.24) is 0 Å². The Labute approximate surface area is 30.2 Å². The first-order chi connectivity index (χ1) is 2.00. The van der Waals surface area contributed by atoms with Crippen molar-refractivity contribution in [2.45, 2.75) is 0 Å². The minimum Gasteiger partial charge on any atom is -2.00 e. The van der Waals surface area contributed by atoms with Crippen LogP contribution in [0.15, 0.2) is 0 Å². The van der Waals surface area contributed by atoms with Crippen LogP contribution in [-0.4, -0.2) is 0 Å². The summed E-state index contributed by atoms with van der Waals surface area (Å²) in [6, 6.07) is 0. The van der Waals surface area contributed by atoms with Crippen LogP contribution in [-0.2, 0) is 5.48 Å². The second-order valence-electron chi connectivity index (χ2n) is 0. The Morgan fingerprint density at radius 2 is 0.800 bits per heavy atom. The van der Waals surface area contributed by atoms with Crippen molar-refractivity contribution in [2.24, 2.45) is 11.7 Å². The van der Waals surface area contributed by atoms with Gasteiger partial charge < -0.3 is 5.48 Å². The van der Waals surface area contributed by atoms with Crippen LogP contribution in [0.4, 0.5) is 0 Å². The van der Waals surface area contributed by atoms with Crippen molar-refractivity contribution in [2.75, 3.05) is 0 Å². The van der Waals surface area contributed by atoms with Gasteiger partial charge in [0.1, 0.15) is 0 Å². The van der Waals surface area contributed by atoms with Crippen LogP contribution in [0, 0.1) is 0 Å². The fourth-order valence-corrected chi connectivity index (χ4v) is 0. The molecule has 0 aliphatic carbocycles. The van der Waals surface area contributed by atoms with Gasteiger partial charge in [-0.15, -0.1) is 0 Å². The fraction of sp³-hybridized carbons (Fsp3) is 0. The van der Waals surface area contributed by atoms with E-state index in [0.717, 1.165) is 0 Å². The van der Waals surface area contributed by atoms with Crippen molar-refractivity contribution < 1.29 is 17.2 Å². The van der Waals surface area contributed by atoms with E-state index in [-0.39, 0.29) is 5.48 Å². The lowest BCUT2D eigenvalue weighted by atomic mass is 13.0. The minimum atomic E-state index is 0. The van der Waals surface area contributed by atoms with Crippen LogP contribution in [0.1, 0.15) is 0 Å². The lowest BCUT2D eigenvalue weighted by Gasteiger charge is -2.00. The first kappa shape index (κ1) is 21.4. The van der Waals surface area contributed by atoms with Gasteiger partial charge in [-0.3, -0.25) is 11.7 Å². The Balaban J connectivity index is -0.0000000133.